The summed E-state index contributed by atoms with van der Waals surface area (Å²) in [5, 5.41) is 3.49. The number of hydrogen-bond acceptors (Lipinski definition) is 5. The van der Waals surface area contributed by atoms with Crippen LogP contribution in [0.5, 0.6) is 5.75 Å². The maximum Gasteiger partial charge on any atom is 0.198 e. The van der Waals surface area contributed by atoms with E-state index in [0.717, 1.165) is 26.0 Å². The molecule has 0 bridgehead atoms. The van der Waals surface area contributed by atoms with E-state index in [2.05, 4.69) is 15.3 Å². The van der Waals surface area contributed by atoms with Gasteiger partial charge in [-0.05, 0) is 26.7 Å². The minimum atomic E-state index is 0.290. The molecule has 6 heteroatoms. The van der Waals surface area contributed by atoms with Gasteiger partial charge in [-0.3, -0.25) is 0 Å². The van der Waals surface area contributed by atoms with Crippen LogP contribution in [0.25, 0.3) is 0 Å². The fourth-order valence-electron chi connectivity index (χ4n) is 1.41. The van der Waals surface area contributed by atoms with E-state index < -0.39 is 0 Å². The second-order valence-corrected chi connectivity index (χ2v) is 4.46. The fourth-order valence-corrected chi connectivity index (χ4v) is 1.62. The van der Waals surface area contributed by atoms with Crippen LogP contribution in [0, 0.1) is 0 Å². The maximum atomic E-state index is 5.89. The quantitative estimate of drug-likeness (QED) is 0.583. The molecule has 0 aliphatic rings. The molecule has 0 amide bonds. The zero-order valence-corrected chi connectivity index (χ0v) is 11.8. The van der Waals surface area contributed by atoms with Gasteiger partial charge in [-0.1, -0.05) is 11.6 Å². The van der Waals surface area contributed by atoms with Crippen LogP contribution < -0.4 is 10.1 Å². The molecule has 1 aromatic heterocycles. The molecule has 0 unspecified atom stereocenters. The lowest BCUT2D eigenvalue weighted by Gasteiger charge is -2.11. The van der Waals surface area contributed by atoms with E-state index in [0.29, 0.717) is 22.8 Å². The van der Waals surface area contributed by atoms with E-state index in [1.807, 2.05) is 13.8 Å². The molecule has 1 heterocycles. The van der Waals surface area contributed by atoms with Gasteiger partial charge in [0.15, 0.2) is 16.7 Å². The van der Waals surface area contributed by atoms with Gasteiger partial charge >= 0.3 is 0 Å². The van der Waals surface area contributed by atoms with Gasteiger partial charge in [0.2, 0.25) is 0 Å². The number of nitrogens with zero attached hydrogens (tertiary/aromatic N) is 2. The van der Waals surface area contributed by atoms with Crippen LogP contribution in [-0.4, -0.2) is 36.3 Å². The first-order valence-corrected chi connectivity index (χ1v) is 6.43. The predicted molar refractivity (Wildman–Crippen MR) is 72.4 cm³/mol. The molecule has 1 rings (SSSR count). The molecule has 0 atom stereocenters. The molecule has 102 valence electrons. The Hall–Kier alpha value is -1.07. The number of nitrogens with one attached hydrogen (secondary N) is 1. The number of anilines is 1. The van der Waals surface area contributed by atoms with Crippen molar-refractivity contribution in [1.82, 2.24) is 9.97 Å². The normalized spacial score (nSPS) is 10.7. The molecule has 0 fully saturated rings. The number of aromatic nitrogens is 2. The van der Waals surface area contributed by atoms with Crippen molar-refractivity contribution in [2.24, 2.45) is 0 Å². The van der Waals surface area contributed by atoms with Crippen molar-refractivity contribution in [3.63, 3.8) is 0 Å². The lowest BCUT2D eigenvalue weighted by Crippen LogP contribution is -2.08. The molecule has 0 aromatic carbocycles. The van der Waals surface area contributed by atoms with Gasteiger partial charge in [-0.2, -0.15) is 0 Å². The molecule has 0 saturated carbocycles. The third-order valence-electron chi connectivity index (χ3n) is 2.28. The van der Waals surface area contributed by atoms with Crippen LogP contribution in [0.2, 0.25) is 5.15 Å². The Labute approximate surface area is 113 Å². The van der Waals surface area contributed by atoms with Gasteiger partial charge in [0, 0.05) is 13.2 Å². The van der Waals surface area contributed by atoms with Gasteiger partial charge in [-0.15, -0.1) is 0 Å². The predicted octanol–water partition coefficient (Wildman–Crippen LogP) is 2.76. The summed E-state index contributed by atoms with van der Waals surface area (Å²) < 4.78 is 10.6. The van der Waals surface area contributed by atoms with Crippen LogP contribution in [-0.2, 0) is 4.74 Å². The number of halogens is 1. The smallest absolute Gasteiger partial charge is 0.198 e. The number of methoxy groups -OCH3 is 1. The Balaban J connectivity index is 2.29. The Morgan fingerprint density at radius 2 is 2.11 bits per heavy atom. The molecule has 1 aromatic rings. The summed E-state index contributed by atoms with van der Waals surface area (Å²) in [7, 11) is 1.55. The minimum absolute atomic E-state index is 0.290. The molecule has 5 nitrogen and oxygen atoms in total. The molecule has 1 N–H and O–H groups in total. The first kappa shape index (κ1) is 15.0. The highest BCUT2D eigenvalue weighted by molar-refractivity contribution is 6.31. The summed E-state index contributed by atoms with van der Waals surface area (Å²) in [6.45, 7) is 5.64. The number of hydrogen-bond donors (Lipinski definition) is 1. The van der Waals surface area contributed by atoms with Crippen molar-refractivity contribution in [3.05, 3.63) is 11.5 Å². The molecular weight excluding hydrogens is 254 g/mol. The maximum absolute atomic E-state index is 5.89. The van der Waals surface area contributed by atoms with E-state index >= 15 is 0 Å². The summed E-state index contributed by atoms with van der Waals surface area (Å²) >= 11 is 5.89. The van der Waals surface area contributed by atoms with E-state index in [4.69, 9.17) is 21.1 Å². The monoisotopic (exact) mass is 273 g/mol. The largest absolute Gasteiger partial charge is 0.490 e. The lowest BCUT2D eigenvalue weighted by atomic mass is 10.3. The Morgan fingerprint density at radius 1 is 1.33 bits per heavy atom. The van der Waals surface area contributed by atoms with Crippen LogP contribution in [0.15, 0.2) is 6.33 Å². The lowest BCUT2D eigenvalue weighted by molar-refractivity contribution is 0.0765. The van der Waals surface area contributed by atoms with Crippen LogP contribution in [0.3, 0.4) is 0 Å². The fraction of sp³-hybridized carbons (Fsp3) is 0.667. The van der Waals surface area contributed by atoms with E-state index in [1.54, 1.807) is 7.11 Å². The van der Waals surface area contributed by atoms with Gasteiger partial charge in [0.25, 0.3) is 0 Å². The molecule has 0 radical (unpaired) electrons. The molecule has 0 saturated heterocycles. The second kappa shape index (κ2) is 8.11. The third-order valence-corrected chi connectivity index (χ3v) is 2.55. The topological polar surface area (TPSA) is 56.3 Å². The number of unbranched alkanes of at least 4 members (excludes halogenated alkanes) is 1. The van der Waals surface area contributed by atoms with Crippen LogP contribution in [0.4, 0.5) is 5.82 Å². The van der Waals surface area contributed by atoms with Crippen molar-refractivity contribution in [3.8, 4) is 5.75 Å². The van der Waals surface area contributed by atoms with Crippen molar-refractivity contribution in [1.29, 1.82) is 0 Å². The molecule has 0 aliphatic heterocycles. The number of ether oxygens (including phenoxy) is 2. The van der Waals surface area contributed by atoms with Crippen LogP contribution in [0.1, 0.15) is 26.7 Å². The highest BCUT2D eigenvalue weighted by Crippen LogP contribution is 2.28. The summed E-state index contributed by atoms with van der Waals surface area (Å²) in [5.74, 6) is 1.11. The van der Waals surface area contributed by atoms with E-state index in [9.17, 15) is 0 Å². The minimum Gasteiger partial charge on any atom is -0.490 e. The van der Waals surface area contributed by atoms with Crippen LogP contribution >= 0.6 is 11.6 Å². The highest BCUT2D eigenvalue weighted by Gasteiger charge is 2.09. The summed E-state index contributed by atoms with van der Waals surface area (Å²) in [6.07, 6.45) is 3.71. The SMILES string of the molecule is COc1c(Cl)ncnc1NCCCCOC(C)C. The average molecular weight is 274 g/mol. The summed E-state index contributed by atoms with van der Waals surface area (Å²) in [4.78, 5) is 7.95. The highest BCUT2D eigenvalue weighted by atomic mass is 35.5. The molecule has 0 spiro atoms. The van der Waals surface area contributed by atoms with E-state index in [1.165, 1.54) is 6.33 Å². The van der Waals surface area contributed by atoms with Gasteiger partial charge in [0.1, 0.15) is 6.33 Å². The average Bonchev–Trinajstić information content (AvgIpc) is 2.33. The van der Waals surface area contributed by atoms with Gasteiger partial charge in [0.05, 0.1) is 13.2 Å². The molecular formula is C12H20ClN3O2. The Bertz CT molecular complexity index is 361. The summed E-state index contributed by atoms with van der Waals surface area (Å²) in [5.41, 5.74) is 0. The van der Waals surface area contributed by atoms with Crippen molar-refractivity contribution in [2.45, 2.75) is 32.8 Å². The standard InChI is InChI=1S/C12H20ClN3O2/c1-9(2)18-7-5-4-6-14-12-10(17-3)11(13)15-8-16-12/h8-9H,4-7H2,1-3H3,(H,14,15,16). The van der Waals surface area contributed by atoms with E-state index in [-0.39, 0.29) is 0 Å². The van der Waals surface area contributed by atoms with Crippen molar-refractivity contribution < 1.29 is 9.47 Å². The summed E-state index contributed by atoms with van der Waals surface area (Å²) in [6, 6.07) is 0. The Kier molecular flexibility index (Phi) is 6.75. The first-order chi connectivity index (χ1) is 8.65. The van der Waals surface area contributed by atoms with Gasteiger partial charge < -0.3 is 14.8 Å². The van der Waals surface area contributed by atoms with Crippen molar-refractivity contribution in [2.75, 3.05) is 25.6 Å². The van der Waals surface area contributed by atoms with Crippen molar-refractivity contribution >= 4 is 17.4 Å². The first-order valence-electron chi connectivity index (χ1n) is 6.05. The zero-order chi connectivity index (χ0) is 13.4. The third kappa shape index (κ3) is 5.06. The number of rotatable bonds is 8. The van der Waals surface area contributed by atoms with Gasteiger partial charge in [-0.25, -0.2) is 9.97 Å². The Morgan fingerprint density at radius 3 is 2.78 bits per heavy atom. The second-order valence-electron chi connectivity index (χ2n) is 4.10. The molecule has 18 heavy (non-hydrogen) atoms. The zero-order valence-electron chi connectivity index (χ0n) is 11.1. The molecule has 0 aliphatic carbocycles.